The van der Waals surface area contributed by atoms with Crippen molar-refractivity contribution in [2.24, 2.45) is 5.92 Å². The molecule has 3 heteroatoms. The zero-order valence-corrected chi connectivity index (χ0v) is 10.6. The Hall–Kier alpha value is -0.200. The highest BCUT2D eigenvalue weighted by atomic mass is 32.2. The van der Waals surface area contributed by atoms with Crippen molar-refractivity contribution in [2.75, 3.05) is 18.1 Å². The topological polar surface area (TPSA) is 35.8 Å². The molecule has 0 rings (SSSR count). The Morgan fingerprint density at radius 2 is 2.14 bits per heavy atom. The van der Waals surface area contributed by atoms with Crippen LogP contribution in [0.4, 0.5) is 0 Å². The van der Waals surface area contributed by atoms with E-state index in [4.69, 9.17) is 5.26 Å². The minimum absolute atomic E-state index is 0.352. The van der Waals surface area contributed by atoms with Gasteiger partial charge in [0.15, 0.2) is 0 Å². The summed E-state index contributed by atoms with van der Waals surface area (Å²) in [5.41, 5.74) is -0.352. The van der Waals surface area contributed by atoms with Crippen LogP contribution in [0, 0.1) is 17.2 Å². The van der Waals surface area contributed by atoms with Gasteiger partial charge in [-0.3, -0.25) is 5.32 Å². The Morgan fingerprint density at radius 1 is 1.50 bits per heavy atom. The quantitative estimate of drug-likeness (QED) is 0.708. The van der Waals surface area contributed by atoms with E-state index in [1.807, 2.05) is 18.7 Å². The van der Waals surface area contributed by atoms with Crippen LogP contribution in [-0.4, -0.2) is 23.6 Å². The molecule has 0 aliphatic carbocycles. The first-order valence-corrected chi connectivity index (χ1v) is 6.43. The van der Waals surface area contributed by atoms with Crippen molar-refractivity contribution in [1.29, 1.82) is 5.26 Å². The molecule has 0 aromatic carbocycles. The molecule has 1 N–H and O–H groups in total. The molecule has 0 amide bonds. The van der Waals surface area contributed by atoms with Crippen LogP contribution >= 0.6 is 11.8 Å². The molecule has 0 fully saturated rings. The summed E-state index contributed by atoms with van der Waals surface area (Å²) in [6.07, 6.45) is 1.08. The molecule has 82 valence electrons. The van der Waals surface area contributed by atoms with Crippen LogP contribution in [0.3, 0.4) is 0 Å². The van der Waals surface area contributed by atoms with Gasteiger partial charge in [0.05, 0.1) is 6.07 Å². The highest BCUT2D eigenvalue weighted by molar-refractivity contribution is 7.99. The molecule has 1 atom stereocenters. The molecule has 0 radical (unpaired) electrons. The third kappa shape index (κ3) is 6.28. The SMILES string of the molecule is CCCNC(C)(C#N)CSCC(C)C. The Labute approximate surface area is 92.5 Å². The second-order valence-corrected chi connectivity index (χ2v) is 5.31. The lowest BCUT2D eigenvalue weighted by molar-refractivity contribution is 0.493. The lowest BCUT2D eigenvalue weighted by Crippen LogP contribution is -2.43. The van der Waals surface area contributed by atoms with Crippen LogP contribution < -0.4 is 5.32 Å². The lowest BCUT2D eigenvalue weighted by atomic mass is 10.1. The molecule has 0 aliphatic heterocycles. The van der Waals surface area contributed by atoms with Gasteiger partial charge in [-0.15, -0.1) is 0 Å². The fraction of sp³-hybridized carbons (Fsp3) is 0.909. The number of thioether (sulfide) groups is 1. The summed E-state index contributed by atoms with van der Waals surface area (Å²) in [5.74, 6) is 2.71. The van der Waals surface area contributed by atoms with Crippen LogP contribution in [0.5, 0.6) is 0 Å². The van der Waals surface area contributed by atoms with Crippen molar-refractivity contribution in [1.82, 2.24) is 5.32 Å². The van der Waals surface area contributed by atoms with Crippen LogP contribution in [0.25, 0.3) is 0 Å². The molecule has 0 aliphatic rings. The van der Waals surface area contributed by atoms with Gasteiger partial charge in [0.2, 0.25) is 0 Å². The summed E-state index contributed by atoms with van der Waals surface area (Å²) in [4.78, 5) is 0. The molecule has 0 aromatic heterocycles. The average Bonchev–Trinajstić information content (AvgIpc) is 2.14. The van der Waals surface area contributed by atoms with E-state index in [0.29, 0.717) is 5.92 Å². The number of nitrogens with zero attached hydrogens (tertiary/aromatic N) is 1. The third-order valence-electron chi connectivity index (χ3n) is 1.85. The van der Waals surface area contributed by atoms with Gasteiger partial charge in [0.25, 0.3) is 0 Å². The minimum Gasteiger partial charge on any atom is -0.299 e. The van der Waals surface area contributed by atoms with E-state index in [-0.39, 0.29) is 5.54 Å². The highest BCUT2D eigenvalue weighted by Gasteiger charge is 2.22. The Bertz CT molecular complexity index is 186. The van der Waals surface area contributed by atoms with Crippen molar-refractivity contribution in [3.05, 3.63) is 0 Å². The first-order valence-electron chi connectivity index (χ1n) is 5.28. The lowest BCUT2D eigenvalue weighted by Gasteiger charge is -2.22. The van der Waals surface area contributed by atoms with E-state index >= 15 is 0 Å². The van der Waals surface area contributed by atoms with Gasteiger partial charge in [-0.05, 0) is 31.6 Å². The molecule has 0 aromatic rings. The summed E-state index contributed by atoms with van der Waals surface area (Å²) in [7, 11) is 0. The van der Waals surface area contributed by atoms with Crippen molar-refractivity contribution >= 4 is 11.8 Å². The minimum atomic E-state index is -0.352. The molecular formula is C11H22N2S. The Balaban J connectivity index is 3.82. The van der Waals surface area contributed by atoms with E-state index in [0.717, 1.165) is 24.5 Å². The van der Waals surface area contributed by atoms with E-state index in [9.17, 15) is 0 Å². The normalized spacial score (nSPS) is 15.1. The van der Waals surface area contributed by atoms with Gasteiger partial charge in [-0.1, -0.05) is 20.8 Å². The molecule has 14 heavy (non-hydrogen) atoms. The largest absolute Gasteiger partial charge is 0.299 e. The van der Waals surface area contributed by atoms with E-state index in [1.165, 1.54) is 0 Å². The number of hydrogen-bond donors (Lipinski definition) is 1. The maximum atomic E-state index is 9.05. The summed E-state index contributed by atoms with van der Waals surface area (Å²) in [5, 5.41) is 12.3. The summed E-state index contributed by atoms with van der Waals surface area (Å²) < 4.78 is 0. The van der Waals surface area contributed by atoms with Gasteiger partial charge in [-0.25, -0.2) is 0 Å². The number of nitrogens with one attached hydrogen (secondary N) is 1. The first-order chi connectivity index (χ1) is 6.54. The maximum Gasteiger partial charge on any atom is 0.113 e. The predicted molar refractivity (Wildman–Crippen MR) is 64.5 cm³/mol. The Morgan fingerprint density at radius 3 is 2.57 bits per heavy atom. The van der Waals surface area contributed by atoms with Crippen LogP contribution in [0.2, 0.25) is 0 Å². The third-order valence-corrected chi connectivity index (χ3v) is 3.54. The molecular weight excluding hydrogens is 192 g/mol. The Kier molecular flexibility index (Phi) is 7.04. The molecule has 0 heterocycles. The van der Waals surface area contributed by atoms with Gasteiger partial charge < -0.3 is 0 Å². The standard InChI is InChI=1S/C11H22N2S/c1-5-6-13-11(4,8-12)9-14-7-10(2)3/h10,13H,5-7,9H2,1-4H3. The molecule has 1 unspecified atom stereocenters. The maximum absolute atomic E-state index is 9.05. The summed E-state index contributed by atoms with van der Waals surface area (Å²) in [6.45, 7) is 9.43. The van der Waals surface area contributed by atoms with Gasteiger partial charge in [0.1, 0.15) is 5.54 Å². The van der Waals surface area contributed by atoms with E-state index in [1.54, 1.807) is 0 Å². The van der Waals surface area contributed by atoms with Crippen LogP contribution in [0.1, 0.15) is 34.1 Å². The number of hydrogen-bond acceptors (Lipinski definition) is 3. The first kappa shape index (κ1) is 13.8. The zero-order chi connectivity index (χ0) is 11.0. The zero-order valence-electron chi connectivity index (χ0n) is 9.76. The van der Waals surface area contributed by atoms with E-state index in [2.05, 4.69) is 32.2 Å². The molecule has 0 bridgehead atoms. The second-order valence-electron chi connectivity index (χ2n) is 4.28. The number of nitriles is 1. The molecule has 2 nitrogen and oxygen atoms in total. The monoisotopic (exact) mass is 214 g/mol. The van der Waals surface area contributed by atoms with Crippen molar-refractivity contribution in [3.63, 3.8) is 0 Å². The van der Waals surface area contributed by atoms with E-state index < -0.39 is 0 Å². The molecule has 0 saturated heterocycles. The smallest absolute Gasteiger partial charge is 0.113 e. The average molecular weight is 214 g/mol. The highest BCUT2D eigenvalue weighted by Crippen LogP contribution is 2.15. The second kappa shape index (κ2) is 7.14. The van der Waals surface area contributed by atoms with Crippen LogP contribution in [-0.2, 0) is 0 Å². The van der Waals surface area contributed by atoms with Crippen molar-refractivity contribution in [2.45, 2.75) is 39.7 Å². The molecule has 0 spiro atoms. The van der Waals surface area contributed by atoms with Crippen LogP contribution in [0.15, 0.2) is 0 Å². The summed E-state index contributed by atoms with van der Waals surface area (Å²) in [6, 6.07) is 2.36. The van der Waals surface area contributed by atoms with Crippen molar-refractivity contribution < 1.29 is 0 Å². The van der Waals surface area contributed by atoms with Crippen molar-refractivity contribution in [3.8, 4) is 6.07 Å². The predicted octanol–water partition coefficient (Wildman–Crippen LogP) is 2.66. The number of rotatable bonds is 7. The fourth-order valence-electron chi connectivity index (χ4n) is 1.02. The molecule has 0 saturated carbocycles. The van der Waals surface area contributed by atoms with Gasteiger partial charge in [0, 0.05) is 5.75 Å². The summed E-state index contributed by atoms with van der Waals surface area (Å²) >= 11 is 1.86. The van der Waals surface area contributed by atoms with Gasteiger partial charge >= 0.3 is 0 Å². The van der Waals surface area contributed by atoms with Gasteiger partial charge in [-0.2, -0.15) is 17.0 Å². The fourth-order valence-corrected chi connectivity index (χ4v) is 2.19.